The molecule has 28 heavy (non-hydrogen) atoms. The van der Waals surface area contributed by atoms with Crippen LogP contribution in [-0.4, -0.2) is 20.7 Å². The second kappa shape index (κ2) is 8.02. The van der Waals surface area contributed by atoms with Crippen molar-refractivity contribution in [3.63, 3.8) is 0 Å². The molecule has 0 unspecified atom stereocenters. The van der Waals surface area contributed by atoms with E-state index in [4.69, 9.17) is 0 Å². The lowest BCUT2D eigenvalue weighted by Gasteiger charge is -2.07. The molecular formula is C23H16N4O. The summed E-state index contributed by atoms with van der Waals surface area (Å²) in [6, 6.07) is 24.4. The second-order valence-corrected chi connectivity index (χ2v) is 6.04. The summed E-state index contributed by atoms with van der Waals surface area (Å²) in [5, 5.41) is 6.98. The summed E-state index contributed by atoms with van der Waals surface area (Å²) < 4.78 is 1.64. The molecule has 5 heteroatoms. The van der Waals surface area contributed by atoms with Crippen LogP contribution in [0.3, 0.4) is 0 Å². The Morgan fingerprint density at radius 2 is 1.61 bits per heavy atom. The zero-order valence-electron chi connectivity index (χ0n) is 14.9. The van der Waals surface area contributed by atoms with E-state index in [1.165, 1.54) is 6.33 Å². The lowest BCUT2D eigenvalue weighted by Crippen LogP contribution is -2.12. The molecule has 0 aliphatic heterocycles. The van der Waals surface area contributed by atoms with Crippen LogP contribution in [0.2, 0.25) is 0 Å². The van der Waals surface area contributed by atoms with Crippen molar-refractivity contribution in [3.8, 4) is 17.5 Å². The molecule has 0 saturated heterocycles. The lowest BCUT2D eigenvalue weighted by atomic mass is 10.1. The molecule has 0 bridgehead atoms. The lowest BCUT2D eigenvalue weighted by molar-refractivity contribution is 0.102. The summed E-state index contributed by atoms with van der Waals surface area (Å²) in [5.41, 5.74) is 3.88. The summed E-state index contributed by atoms with van der Waals surface area (Å²) in [5.74, 6) is 6.06. The number of nitrogens with one attached hydrogen (secondary N) is 1. The van der Waals surface area contributed by atoms with Crippen molar-refractivity contribution >= 4 is 11.6 Å². The fourth-order valence-corrected chi connectivity index (χ4v) is 2.65. The molecule has 0 aliphatic rings. The van der Waals surface area contributed by atoms with Gasteiger partial charge in [-0.1, -0.05) is 36.1 Å². The molecule has 1 aromatic heterocycles. The number of carbonyl (C=O) groups excluding carboxylic acids is 1. The Kier molecular flexibility index (Phi) is 4.94. The number of hydrogen-bond acceptors (Lipinski definition) is 3. The van der Waals surface area contributed by atoms with Crippen LogP contribution >= 0.6 is 0 Å². The molecule has 0 radical (unpaired) electrons. The molecule has 0 saturated carbocycles. The van der Waals surface area contributed by atoms with E-state index in [1.807, 2.05) is 66.7 Å². The smallest absolute Gasteiger partial charge is 0.255 e. The number of anilines is 1. The molecule has 1 heterocycles. The van der Waals surface area contributed by atoms with E-state index in [1.54, 1.807) is 23.1 Å². The van der Waals surface area contributed by atoms with Crippen LogP contribution in [0, 0.1) is 11.8 Å². The van der Waals surface area contributed by atoms with Gasteiger partial charge in [-0.15, -0.1) is 0 Å². The summed E-state index contributed by atoms with van der Waals surface area (Å²) >= 11 is 0. The highest BCUT2D eigenvalue weighted by Gasteiger charge is 2.07. The number of benzene rings is 3. The summed E-state index contributed by atoms with van der Waals surface area (Å²) in [7, 11) is 0. The number of rotatable bonds is 3. The van der Waals surface area contributed by atoms with Gasteiger partial charge in [-0.2, -0.15) is 5.10 Å². The average Bonchev–Trinajstić information content (AvgIpc) is 3.28. The summed E-state index contributed by atoms with van der Waals surface area (Å²) in [4.78, 5) is 16.4. The van der Waals surface area contributed by atoms with Gasteiger partial charge in [0.15, 0.2) is 0 Å². The Hall–Kier alpha value is -4.17. The van der Waals surface area contributed by atoms with Crippen molar-refractivity contribution in [3.05, 3.63) is 108 Å². The van der Waals surface area contributed by atoms with Crippen molar-refractivity contribution in [2.24, 2.45) is 0 Å². The van der Waals surface area contributed by atoms with Crippen LogP contribution < -0.4 is 5.32 Å². The first kappa shape index (κ1) is 17.3. The minimum atomic E-state index is -0.182. The first-order valence-electron chi connectivity index (χ1n) is 8.71. The molecule has 0 aliphatic carbocycles. The van der Waals surface area contributed by atoms with Crippen LogP contribution in [0.5, 0.6) is 0 Å². The quantitative estimate of drug-likeness (QED) is 0.561. The molecule has 1 amide bonds. The minimum absolute atomic E-state index is 0.182. The molecule has 134 valence electrons. The zero-order chi connectivity index (χ0) is 19.2. The Morgan fingerprint density at radius 3 is 2.36 bits per heavy atom. The predicted molar refractivity (Wildman–Crippen MR) is 108 cm³/mol. The topological polar surface area (TPSA) is 59.8 Å². The summed E-state index contributed by atoms with van der Waals surface area (Å²) in [6.07, 6.45) is 3.07. The molecule has 3 aromatic carbocycles. The highest BCUT2D eigenvalue weighted by molar-refractivity contribution is 6.04. The fraction of sp³-hybridized carbons (Fsp3) is 0. The minimum Gasteiger partial charge on any atom is -0.322 e. The van der Waals surface area contributed by atoms with Crippen molar-refractivity contribution < 1.29 is 4.79 Å². The third-order valence-electron chi connectivity index (χ3n) is 4.06. The number of aromatic nitrogens is 3. The highest BCUT2D eigenvalue weighted by Crippen LogP contribution is 2.13. The Labute approximate surface area is 162 Å². The van der Waals surface area contributed by atoms with E-state index in [2.05, 4.69) is 27.2 Å². The van der Waals surface area contributed by atoms with Gasteiger partial charge in [0, 0.05) is 22.4 Å². The Bertz CT molecular complexity index is 1140. The van der Waals surface area contributed by atoms with Crippen LogP contribution in [0.25, 0.3) is 5.69 Å². The number of nitrogens with zero attached hydrogens (tertiary/aromatic N) is 3. The van der Waals surface area contributed by atoms with E-state index in [0.29, 0.717) is 11.3 Å². The van der Waals surface area contributed by atoms with Gasteiger partial charge in [-0.25, -0.2) is 9.67 Å². The van der Waals surface area contributed by atoms with E-state index in [0.717, 1.165) is 16.8 Å². The first-order chi connectivity index (χ1) is 13.8. The molecule has 5 nitrogen and oxygen atoms in total. The zero-order valence-corrected chi connectivity index (χ0v) is 14.9. The van der Waals surface area contributed by atoms with Crippen LogP contribution in [0.4, 0.5) is 5.69 Å². The molecular weight excluding hydrogens is 348 g/mol. The summed E-state index contributed by atoms with van der Waals surface area (Å²) in [6.45, 7) is 0. The van der Waals surface area contributed by atoms with Crippen LogP contribution in [0.1, 0.15) is 21.5 Å². The van der Waals surface area contributed by atoms with Crippen LogP contribution in [0.15, 0.2) is 91.5 Å². The van der Waals surface area contributed by atoms with E-state index in [9.17, 15) is 4.79 Å². The first-order valence-corrected chi connectivity index (χ1v) is 8.71. The van der Waals surface area contributed by atoms with Gasteiger partial charge in [0.25, 0.3) is 5.91 Å². The highest BCUT2D eigenvalue weighted by atomic mass is 16.1. The molecule has 4 rings (SSSR count). The van der Waals surface area contributed by atoms with Crippen molar-refractivity contribution in [1.82, 2.24) is 14.8 Å². The number of amides is 1. The average molecular weight is 364 g/mol. The van der Waals surface area contributed by atoms with Gasteiger partial charge < -0.3 is 5.32 Å². The maximum Gasteiger partial charge on any atom is 0.255 e. The van der Waals surface area contributed by atoms with Crippen molar-refractivity contribution in [1.29, 1.82) is 0 Å². The van der Waals surface area contributed by atoms with E-state index in [-0.39, 0.29) is 5.91 Å². The predicted octanol–water partition coefficient (Wildman–Crippen LogP) is 3.92. The normalized spacial score (nSPS) is 10.0. The third-order valence-corrected chi connectivity index (χ3v) is 4.06. The maximum absolute atomic E-state index is 12.5. The number of hydrogen-bond donors (Lipinski definition) is 1. The maximum atomic E-state index is 12.5. The van der Waals surface area contributed by atoms with Gasteiger partial charge in [-0.3, -0.25) is 4.79 Å². The van der Waals surface area contributed by atoms with E-state index < -0.39 is 0 Å². The van der Waals surface area contributed by atoms with E-state index >= 15 is 0 Å². The van der Waals surface area contributed by atoms with Gasteiger partial charge in [-0.05, 0) is 54.6 Å². The molecule has 1 N–H and O–H groups in total. The molecule has 0 atom stereocenters. The van der Waals surface area contributed by atoms with Gasteiger partial charge in [0.05, 0.1) is 5.69 Å². The van der Waals surface area contributed by atoms with Crippen LogP contribution in [-0.2, 0) is 0 Å². The molecule has 0 fully saturated rings. The molecule has 4 aromatic rings. The molecule has 0 spiro atoms. The second-order valence-electron chi connectivity index (χ2n) is 6.04. The fourth-order valence-electron chi connectivity index (χ4n) is 2.65. The SMILES string of the molecule is O=C(Nc1cccc(C#Cc2ccccc2)c1)c1ccc(-n2cncn2)cc1. The Morgan fingerprint density at radius 1 is 0.857 bits per heavy atom. The monoisotopic (exact) mass is 364 g/mol. The largest absolute Gasteiger partial charge is 0.322 e. The third kappa shape index (κ3) is 4.14. The van der Waals surface area contributed by atoms with Crippen molar-refractivity contribution in [2.75, 3.05) is 5.32 Å². The number of carbonyl (C=O) groups is 1. The standard InChI is InChI=1S/C23H16N4O/c28-23(20-11-13-22(14-12-20)27-17-24-16-25-27)26-21-8-4-7-19(15-21)10-9-18-5-2-1-3-6-18/h1-8,11-17H,(H,26,28). The van der Waals surface area contributed by atoms with Gasteiger partial charge in [0.1, 0.15) is 12.7 Å². The van der Waals surface area contributed by atoms with Crippen molar-refractivity contribution in [2.45, 2.75) is 0 Å². The van der Waals surface area contributed by atoms with Gasteiger partial charge in [0.2, 0.25) is 0 Å². The van der Waals surface area contributed by atoms with Gasteiger partial charge >= 0.3 is 0 Å². The Balaban J connectivity index is 1.47.